The van der Waals surface area contributed by atoms with E-state index < -0.39 is 0 Å². The second-order valence-corrected chi connectivity index (χ2v) is 7.08. The molecule has 1 saturated carbocycles. The van der Waals surface area contributed by atoms with Crippen LogP contribution in [0.2, 0.25) is 0 Å². The lowest BCUT2D eigenvalue weighted by atomic mass is 10.2. The molecular formula is C22H26N2O4. The summed E-state index contributed by atoms with van der Waals surface area (Å²) in [5.74, 6) is 0.650. The van der Waals surface area contributed by atoms with Crippen LogP contribution in [0.5, 0.6) is 11.5 Å². The van der Waals surface area contributed by atoms with Gasteiger partial charge in [0.15, 0.2) is 6.61 Å². The number of amides is 2. The van der Waals surface area contributed by atoms with E-state index in [0.29, 0.717) is 17.0 Å². The lowest BCUT2D eigenvalue weighted by Crippen LogP contribution is -2.28. The van der Waals surface area contributed by atoms with Crippen LogP contribution >= 0.6 is 0 Å². The number of hydrogen-bond donors (Lipinski definition) is 1. The van der Waals surface area contributed by atoms with E-state index in [1.54, 1.807) is 38.4 Å². The summed E-state index contributed by atoms with van der Waals surface area (Å²) < 4.78 is 11.6. The van der Waals surface area contributed by atoms with E-state index in [9.17, 15) is 9.59 Å². The third-order valence-corrected chi connectivity index (χ3v) is 4.68. The van der Waals surface area contributed by atoms with Gasteiger partial charge in [-0.2, -0.15) is 0 Å². The number of para-hydroxylation sites is 1. The highest BCUT2D eigenvalue weighted by Crippen LogP contribution is 2.26. The quantitative estimate of drug-likeness (QED) is 0.792. The number of hydrogen-bond acceptors (Lipinski definition) is 4. The standard InChI is InChI=1S/C22H26N2O4/c1-24(2)21(25)15-27-20-13-6-5-12-19(20)22(26)23-16-8-7-11-18(14-16)28-17-9-3-4-10-17/h5-8,11-14,17H,3-4,9-10,15H2,1-2H3,(H,23,26). The van der Waals surface area contributed by atoms with E-state index >= 15 is 0 Å². The van der Waals surface area contributed by atoms with Crippen molar-refractivity contribution in [3.05, 3.63) is 54.1 Å². The largest absolute Gasteiger partial charge is 0.490 e. The Labute approximate surface area is 165 Å². The van der Waals surface area contributed by atoms with Crippen molar-refractivity contribution in [2.45, 2.75) is 31.8 Å². The maximum Gasteiger partial charge on any atom is 0.259 e. The third kappa shape index (κ3) is 5.25. The van der Waals surface area contributed by atoms with Gasteiger partial charge >= 0.3 is 0 Å². The SMILES string of the molecule is CN(C)C(=O)COc1ccccc1C(=O)Nc1cccc(OC2CCCC2)c1. The molecule has 1 aliphatic rings. The molecule has 2 aromatic carbocycles. The number of likely N-dealkylation sites (N-methyl/N-ethyl adjacent to an activating group) is 1. The lowest BCUT2D eigenvalue weighted by molar-refractivity contribution is -0.130. The minimum absolute atomic E-state index is 0.123. The van der Waals surface area contributed by atoms with Gasteiger partial charge in [-0.1, -0.05) is 18.2 Å². The van der Waals surface area contributed by atoms with E-state index in [4.69, 9.17) is 9.47 Å². The zero-order valence-electron chi connectivity index (χ0n) is 16.3. The normalized spacial score (nSPS) is 13.8. The van der Waals surface area contributed by atoms with Gasteiger partial charge in [-0.15, -0.1) is 0 Å². The number of nitrogens with zero attached hydrogens (tertiary/aromatic N) is 1. The Balaban J connectivity index is 1.67. The van der Waals surface area contributed by atoms with Gasteiger partial charge in [0.25, 0.3) is 11.8 Å². The highest BCUT2D eigenvalue weighted by molar-refractivity contribution is 6.06. The van der Waals surface area contributed by atoms with Crippen molar-refractivity contribution in [2.24, 2.45) is 0 Å². The van der Waals surface area contributed by atoms with E-state index in [-0.39, 0.29) is 24.5 Å². The number of carbonyl (C=O) groups excluding carboxylic acids is 2. The third-order valence-electron chi connectivity index (χ3n) is 4.68. The first-order valence-electron chi connectivity index (χ1n) is 9.53. The molecule has 1 N–H and O–H groups in total. The van der Waals surface area contributed by atoms with Gasteiger partial charge in [0.2, 0.25) is 0 Å². The molecule has 6 heteroatoms. The first-order chi connectivity index (χ1) is 13.5. The molecule has 1 aliphatic carbocycles. The Morgan fingerprint density at radius 3 is 2.57 bits per heavy atom. The van der Waals surface area contributed by atoms with E-state index in [2.05, 4.69) is 5.32 Å². The average Bonchev–Trinajstić information content (AvgIpc) is 3.19. The number of benzene rings is 2. The summed E-state index contributed by atoms with van der Waals surface area (Å²) in [6, 6.07) is 14.3. The van der Waals surface area contributed by atoms with Crippen LogP contribution in [0.15, 0.2) is 48.5 Å². The number of anilines is 1. The second-order valence-electron chi connectivity index (χ2n) is 7.08. The Bertz CT molecular complexity index is 829. The van der Waals surface area contributed by atoms with Gasteiger partial charge in [0.1, 0.15) is 11.5 Å². The fourth-order valence-electron chi connectivity index (χ4n) is 3.09. The number of nitrogens with one attached hydrogen (secondary N) is 1. The summed E-state index contributed by atoms with van der Waals surface area (Å²) in [5, 5.41) is 2.88. The van der Waals surface area contributed by atoms with Crippen LogP contribution in [0.1, 0.15) is 36.0 Å². The number of carbonyl (C=O) groups is 2. The van der Waals surface area contributed by atoms with Crippen LogP contribution in [0, 0.1) is 0 Å². The van der Waals surface area contributed by atoms with Crippen molar-refractivity contribution < 1.29 is 19.1 Å². The monoisotopic (exact) mass is 382 g/mol. The summed E-state index contributed by atoms with van der Waals surface area (Å²) in [5.41, 5.74) is 1.02. The molecule has 1 fully saturated rings. The molecular weight excluding hydrogens is 356 g/mol. The molecule has 0 aliphatic heterocycles. The smallest absolute Gasteiger partial charge is 0.259 e. The zero-order chi connectivity index (χ0) is 19.9. The van der Waals surface area contributed by atoms with Gasteiger partial charge in [0.05, 0.1) is 11.7 Å². The van der Waals surface area contributed by atoms with E-state index in [0.717, 1.165) is 18.6 Å². The molecule has 0 atom stereocenters. The van der Waals surface area contributed by atoms with Gasteiger partial charge in [-0.25, -0.2) is 0 Å². The van der Waals surface area contributed by atoms with Crippen LogP contribution in [0.25, 0.3) is 0 Å². The maximum atomic E-state index is 12.7. The number of rotatable bonds is 7. The molecule has 3 rings (SSSR count). The minimum Gasteiger partial charge on any atom is -0.490 e. The fraction of sp³-hybridized carbons (Fsp3) is 0.364. The zero-order valence-corrected chi connectivity index (χ0v) is 16.3. The highest BCUT2D eigenvalue weighted by atomic mass is 16.5. The lowest BCUT2D eigenvalue weighted by Gasteiger charge is -2.15. The molecule has 0 heterocycles. The molecule has 0 aromatic heterocycles. The summed E-state index contributed by atoms with van der Waals surface area (Å²) in [7, 11) is 3.32. The topological polar surface area (TPSA) is 67.9 Å². The van der Waals surface area contributed by atoms with Crippen LogP contribution in [-0.4, -0.2) is 43.5 Å². The maximum absolute atomic E-state index is 12.7. The van der Waals surface area contributed by atoms with Crippen molar-refractivity contribution >= 4 is 17.5 Å². The van der Waals surface area contributed by atoms with Crippen molar-refractivity contribution in [3.63, 3.8) is 0 Å². The van der Waals surface area contributed by atoms with E-state index in [1.807, 2.05) is 24.3 Å². The van der Waals surface area contributed by atoms with Crippen molar-refractivity contribution in [1.82, 2.24) is 4.90 Å². The molecule has 0 radical (unpaired) electrons. The van der Waals surface area contributed by atoms with Crippen LogP contribution in [-0.2, 0) is 4.79 Å². The molecule has 2 amide bonds. The molecule has 0 unspecified atom stereocenters. The predicted molar refractivity (Wildman–Crippen MR) is 108 cm³/mol. The Hall–Kier alpha value is -3.02. The van der Waals surface area contributed by atoms with E-state index in [1.165, 1.54) is 17.7 Å². The molecule has 0 saturated heterocycles. The van der Waals surface area contributed by atoms with Gasteiger partial charge in [-0.3, -0.25) is 9.59 Å². The number of ether oxygens (including phenoxy) is 2. The summed E-state index contributed by atoms with van der Waals surface area (Å²) in [6.45, 7) is -0.123. The predicted octanol–water partition coefficient (Wildman–Crippen LogP) is 3.73. The molecule has 0 bridgehead atoms. The minimum atomic E-state index is -0.300. The summed E-state index contributed by atoms with van der Waals surface area (Å²) in [6.07, 6.45) is 4.82. The Kier molecular flexibility index (Phi) is 6.53. The van der Waals surface area contributed by atoms with Gasteiger partial charge in [-0.05, 0) is 49.9 Å². The molecule has 0 spiro atoms. The van der Waals surface area contributed by atoms with Crippen molar-refractivity contribution in [2.75, 3.05) is 26.0 Å². The van der Waals surface area contributed by atoms with Gasteiger partial charge < -0.3 is 19.7 Å². The molecule has 148 valence electrons. The summed E-state index contributed by atoms with van der Waals surface area (Å²) >= 11 is 0. The van der Waals surface area contributed by atoms with Crippen molar-refractivity contribution in [3.8, 4) is 11.5 Å². The molecule has 28 heavy (non-hydrogen) atoms. The second kappa shape index (κ2) is 9.26. The molecule has 6 nitrogen and oxygen atoms in total. The molecule has 2 aromatic rings. The van der Waals surface area contributed by atoms with Crippen LogP contribution in [0.3, 0.4) is 0 Å². The van der Waals surface area contributed by atoms with Gasteiger partial charge in [0, 0.05) is 25.8 Å². The Morgan fingerprint density at radius 2 is 1.82 bits per heavy atom. The highest BCUT2D eigenvalue weighted by Gasteiger charge is 2.17. The van der Waals surface area contributed by atoms with Crippen LogP contribution in [0.4, 0.5) is 5.69 Å². The summed E-state index contributed by atoms with van der Waals surface area (Å²) in [4.78, 5) is 25.9. The van der Waals surface area contributed by atoms with Crippen LogP contribution < -0.4 is 14.8 Å². The fourth-order valence-corrected chi connectivity index (χ4v) is 3.09. The van der Waals surface area contributed by atoms with Crippen molar-refractivity contribution in [1.29, 1.82) is 0 Å². The average molecular weight is 382 g/mol. The first-order valence-corrected chi connectivity index (χ1v) is 9.53. The Morgan fingerprint density at radius 1 is 1.07 bits per heavy atom. The first kappa shape index (κ1) is 19.7.